The standard InChI is InChI=1S/C13H17Cl2NO3/c1-19-8-11(17)7-16-13(18)5-3-9-2-4-10(14)6-12(9)15/h2,4,6,11,17H,3,5,7-8H2,1H3,(H,16,18). The van der Waals surface area contributed by atoms with Crippen LogP contribution in [0, 0.1) is 0 Å². The van der Waals surface area contributed by atoms with Crippen molar-refractivity contribution in [3.8, 4) is 0 Å². The summed E-state index contributed by atoms with van der Waals surface area (Å²) in [6, 6.07) is 5.19. The summed E-state index contributed by atoms with van der Waals surface area (Å²) in [5.41, 5.74) is 0.874. The molecule has 1 rings (SSSR count). The summed E-state index contributed by atoms with van der Waals surface area (Å²) in [6.07, 6.45) is 0.150. The zero-order valence-electron chi connectivity index (χ0n) is 10.7. The molecule has 19 heavy (non-hydrogen) atoms. The van der Waals surface area contributed by atoms with E-state index in [4.69, 9.17) is 27.9 Å². The molecule has 0 radical (unpaired) electrons. The Kier molecular flexibility index (Phi) is 7.16. The van der Waals surface area contributed by atoms with E-state index in [9.17, 15) is 9.90 Å². The first-order valence-electron chi connectivity index (χ1n) is 5.90. The van der Waals surface area contributed by atoms with Crippen molar-refractivity contribution in [1.29, 1.82) is 0 Å². The Morgan fingerprint density at radius 3 is 2.84 bits per heavy atom. The van der Waals surface area contributed by atoms with Gasteiger partial charge in [-0.25, -0.2) is 0 Å². The number of carbonyl (C=O) groups excluding carboxylic acids is 1. The lowest BCUT2D eigenvalue weighted by Crippen LogP contribution is -2.34. The van der Waals surface area contributed by atoms with Crippen LogP contribution in [0.3, 0.4) is 0 Å². The third-order valence-electron chi connectivity index (χ3n) is 2.53. The lowest BCUT2D eigenvalue weighted by molar-refractivity contribution is -0.121. The molecular formula is C13H17Cl2NO3. The van der Waals surface area contributed by atoms with Crippen LogP contribution >= 0.6 is 23.2 Å². The van der Waals surface area contributed by atoms with Gasteiger partial charge in [0.15, 0.2) is 0 Å². The van der Waals surface area contributed by atoms with Crippen molar-refractivity contribution in [1.82, 2.24) is 5.32 Å². The zero-order valence-corrected chi connectivity index (χ0v) is 12.2. The van der Waals surface area contributed by atoms with Gasteiger partial charge in [0.25, 0.3) is 0 Å². The third-order valence-corrected chi connectivity index (χ3v) is 3.12. The quantitative estimate of drug-likeness (QED) is 0.810. The van der Waals surface area contributed by atoms with Gasteiger partial charge in [0.05, 0.1) is 12.7 Å². The lowest BCUT2D eigenvalue weighted by atomic mass is 10.1. The monoisotopic (exact) mass is 305 g/mol. The highest BCUT2D eigenvalue weighted by Crippen LogP contribution is 2.21. The van der Waals surface area contributed by atoms with E-state index >= 15 is 0 Å². The van der Waals surface area contributed by atoms with Gasteiger partial charge in [0.1, 0.15) is 0 Å². The number of benzene rings is 1. The molecule has 1 aromatic carbocycles. The minimum atomic E-state index is -0.687. The fraction of sp³-hybridized carbons (Fsp3) is 0.462. The maximum Gasteiger partial charge on any atom is 0.220 e. The van der Waals surface area contributed by atoms with Crippen molar-refractivity contribution in [2.45, 2.75) is 18.9 Å². The Bertz CT molecular complexity index is 426. The van der Waals surface area contributed by atoms with Crippen molar-refractivity contribution >= 4 is 29.1 Å². The number of hydrogen-bond acceptors (Lipinski definition) is 3. The third kappa shape index (κ3) is 6.25. The molecule has 0 fully saturated rings. The van der Waals surface area contributed by atoms with Crippen LogP contribution in [0.25, 0.3) is 0 Å². The summed E-state index contributed by atoms with van der Waals surface area (Å²) >= 11 is 11.8. The first-order valence-corrected chi connectivity index (χ1v) is 6.66. The highest BCUT2D eigenvalue weighted by molar-refractivity contribution is 6.35. The maximum absolute atomic E-state index is 11.6. The van der Waals surface area contributed by atoms with E-state index in [1.54, 1.807) is 18.2 Å². The molecule has 1 unspecified atom stereocenters. The molecule has 106 valence electrons. The summed E-state index contributed by atoms with van der Waals surface area (Å²) < 4.78 is 4.76. The van der Waals surface area contributed by atoms with Crippen LogP contribution < -0.4 is 5.32 Å². The van der Waals surface area contributed by atoms with Crippen LogP contribution in [0.5, 0.6) is 0 Å². The Hall–Kier alpha value is -0.810. The average Bonchev–Trinajstić information content (AvgIpc) is 2.35. The van der Waals surface area contributed by atoms with Crippen LogP contribution in [0.2, 0.25) is 10.0 Å². The summed E-state index contributed by atoms with van der Waals surface area (Å²) in [4.78, 5) is 11.6. The lowest BCUT2D eigenvalue weighted by Gasteiger charge is -2.11. The highest BCUT2D eigenvalue weighted by atomic mass is 35.5. The molecule has 2 N–H and O–H groups in total. The van der Waals surface area contributed by atoms with Crippen LogP contribution in [-0.4, -0.2) is 37.4 Å². The maximum atomic E-state index is 11.6. The summed E-state index contributed by atoms with van der Waals surface area (Å²) in [6.45, 7) is 0.379. The highest BCUT2D eigenvalue weighted by Gasteiger charge is 2.08. The van der Waals surface area contributed by atoms with Gasteiger partial charge in [-0.05, 0) is 24.1 Å². The number of nitrogens with one attached hydrogen (secondary N) is 1. The number of ether oxygens (including phenoxy) is 1. The molecule has 0 saturated heterocycles. The molecule has 4 nitrogen and oxygen atoms in total. The molecule has 0 aliphatic heterocycles. The molecule has 0 aliphatic carbocycles. The smallest absolute Gasteiger partial charge is 0.220 e. The minimum absolute atomic E-state index is 0.138. The van der Waals surface area contributed by atoms with E-state index in [2.05, 4.69) is 5.32 Å². The Labute approximate surface area is 122 Å². The average molecular weight is 306 g/mol. The second-order valence-corrected chi connectivity index (χ2v) is 4.99. The first kappa shape index (κ1) is 16.2. The molecule has 0 aliphatic rings. The normalized spacial score (nSPS) is 12.2. The van der Waals surface area contributed by atoms with Gasteiger partial charge >= 0.3 is 0 Å². The van der Waals surface area contributed by atoms with Gasteiger partial charge in [-0.15, -0.1) is 0 Å². The molecule has 0 bridgehead atoms. The van der Waals surface area contributed by atoms with Gasteiger partial charge in [-0.1, -0.05) is 29.3 Å². The van der Waals surface area contributed by atoms with Gasteiger partial charge in [0.2, 0.25) is 5.91 Å². The Morgan fingerprint density at radius 2 is 2.21 bits per heavy atom. The SMILES string of the molecule is COCC(O)CNC(=O)CCc1ccc(Cl)cc1Cl. The number of amides is 1. The summed E-state index contributed by atoms with van der Waals surface area (Å²) in [5, 5.41) is 13.1. The number of halogens is 2. The second kappa shape index (κ2) is 8.38. The largest absolute Gasteiger partial charge is 0.389 e. The molecule has 0 aromatic heterocycles. The molecule has 0 saturated carbocycles. The molecule has 0 spiro atoms. The predicted octanol–water partition coefficient (Wildman–Crippen LogP) is 2.05. The number of carbonyl (C=O) groups is 1. The van der Waals surface area contributed by atoms with E-state index in [-0.39, 0.29) is 19.1 Å². The van der Waals surface area contributed by atoms with Crippen molar-refractivity contribution in [3.05, 3.63) is 33.8 Å². The van der Waals surface area contributed by atoms with Gasteiger partial charge in [-0.2, -0.15) is 0 Å². The van der Waals surface area contributed by atoms with Crippen molar-refractivity contribution < 1.29 is 14.6 Å². The van der Waals surface area contributed by atoms with Crippen molar-refractivity contribution in [2.24, 2.45) is 0 Å². The van der Waals surface area contributed by atoms with Crippen molar-refractivity contribution in [2.75, 3.05) is 20.3 Å². The van der Waals surface area contributed by atoms with E-state index in [0.29, 0.717) is 22.9 Å². The summed E-state index contributed by atoms with van der Waals surface area (Å²) in [7, 11) is 1.49. The first-order chi connectivity index (χ1) is 9.02. The van der Waals surface area contributed by atoms with Gasteiger partial charge in [-0.3, -0.25) is 4.79 Å². The molecule has 1 amide bonds. The number of aryl methyl sites for hydroxylation is 1. The van der Waals surface area contributed by atoms with E-state index in [1.807, 2.05) is 0 Å². The predicted molar refractivity (Wildman–Crippen MR) is 75.7 cm³/mol. The number of aliphatic hydroxyl groups excluding tert-OH is 1. The summed E-state index contributed by atoms with van der Waals surface area (Å²) in [5.74, 6) is -0.138. The van der Waals surface area contributed by atoms with Gasteiger partial charge in [0, 0.05) is 30.1 Å². The fourth-order valence-electron chi connectivity index (χ4n) is 1.54. The van der Waals surface area contributed by atoms with E-state index in [0.717, 1.165) is 5.56 Å². The topological polar surface area (TPSA) is 58.6 Å². The van der Waals surface area contributed by atoms with Crippen molar-refractivity contribution in [3.63, 3.8) is 0 Å². The minimum Gasteiger partial charge on any atom is -0.389 e. The Balaban J connectivity index is 2.33. The van der Waals surface area contributed by atoms with Crippen LogP contribution in [-0.2, 0) is 16.0 Å². The number of hydrogen-bond donors (Lipinski definition) is 2. The van der Waals surface area contributed by atoms with Crippen LogP contribution in [0.1, 0.15) is 12.0 Å². The molecule has 1 aromatic rings. The molecule has 1 atom stereocenters. The number of methoxy groups -OCH3 is 1. The number of rotatable bonds is 7. The van der Waals surface area contributed by atoms with E-state index < -0.39 is 6.10 Å². The fourth-order valence-corrected chi connectivity index (χ4v) is 2.05. The molecule has 6 heteroatoms. The van der Waals surface area contributed by atoms with Crippen LogP contribution in [0.4, 0.5) is 0 Å². The van der Waals surface area contributed by atoms with Gasteiger partial charge < -0.3 is 15.2 Å². The van der Waals surface area contributed by atoms with Crippen LogP contribution in [0.15, 0.2) is 18.2 Å². The zero-order chi connectivity index (χ0) is 14.3. The Morgan fingerprint density at radius 1 is 1.47 bits per heavy atom. The molecular weight excluding hydrogens is 289 g/mol. The molecule has 0 heterocycles. The number of aliphatic hydroxyl groups is 1. The second-order valence-electron chi connectivity index (χ2n) is 4.15. The van der Waals surface area contributed by atoms with E-state index in [1.165, 1.54) is 7.11 Å².